The molecular weight excluding hydrogens is 103 g/mol. The van der Waals surface area contributed by atoms with Crippen LogP contribution in [-0.2, 0) is 0 Å². The molecule has 0 fully saturated rings. The SMILES string of the molecule is C=CC=C.[Li][CH2]CCC. The van der Waals surface area contributed by atoms with E-state index in [2.05, 4.69) is 37.8 Å². The zero-order valence-electron chi connectivity index (χ0n) is 6.69. The zero-order chi connectivity index (χ0) is 7.54. The minimum absolute atomic E-state index is 1.34. The topological polar surface area (TPSA) is 0 Å². The van der Waals surface area contributed by atoms with Crippen LogP contribution in [0.15, 0.2) is 25.3 Å². The Bertz CT molecular complexity index is 49.6. The van der Waals surface area contributed by atoms with Crippen LogP contribution in [0.1, 0.15) is 19.8 Å². The Morgan fingerprint density at radius 3 is 1.78 bits per heavy atom. The Hall–Kier alpha value is 0.0774. The first-order valence-electron chi connectivity index (χ1n) is 3.56. The van der Waals surface area contributed by atoms with E-state index in [4.69, 9.17) is 0 Å². The van der Waals surface area contributed by atoms with Crippen molar-refractivity contribution >= 4 is 17.7 Å². The predicted molar refractivity (Wildman–Crippen MR) is 45.9 cm³/mol. The fourth-order valence-electron chi connectivity index (χ4n) is 0.354. The molecule has 1 heteroatoms. The number of hydrogen-bond acceptors (Lipinski definition) is 0. The molecule has 0 saturated carbocycles. The van der Waals surface area contributed by atoms with Crippen molar-refractivity contribution < 1.29 is 0 Å². The van der Waals surface area contributed by atoms with Crippen molar-refractivity contribution in [1.82, 2.24) is 0 Å². The Kier molecular flexibility index (Phi) is 20.6. The van der Waals surface area contributed by atoms with E-state index in [1.807, 2.05) is 0 Å². The normalized spacial score (nSPS) is 7.00. The van der Waals surface area contributed by atoms with Gasteiger partial charge in [0.1, 0.15) is 0 Å². The van der Waals surface area contributed by atoms with Crippen molar-refractivity contribution in [1.29, 1.82) is 0 Å². The van der Waals surface area contributed by atoms with Crippen molar-refractivity contribution in [2.45, 2.75) is 24.9 Å². The molecule has 0 N–H and O–H groups in total. The second-order valence-electron chi connectivity index (χ2n) is 1.82. The van der Waals surface area contributed by atoms with Crippen LogP contribution >= 0.6 is 0 Å². The van der Waals surface area contributed by atoms with Crippen molar-refractivity contribution in [3.05, 3.63) is 25.3 Å². The molecule has 0 amide bonds. The third kappa shape index (κ3) is 31.5. The molecule has 0 saturated heterocycles. The third-order valence-electron chi connectivity index (χ3n) is 0.874. The molecule has 9 heavy (non-hydrogen) atoms. The number of rotatable bonds is 3. The molecule has 0 radical (unpaired) electrons. The van der Waals surface area contributed by atoms with Gasteiger partial charge in [-0.3, -0.25) is 0 Å². The predicted octanol–water partition coefficient (Wildman–Crippen LogP) is 2.73. The first kappa shape index (κ1) is 11.8. The second-order valence-corrected chi connectivity index (χ2v) is 1.82. The van der Waals surface area contributed by atoms with E-state index < -0.39 is 0 Å². The first-order valence-corrected chi connectivity index (χ1v) is 3.56. The van der Waals surface area contributed by atoms with Crippen LogP contribution < -0.4 is 0 Å². The van der Waals surface area contributed by atoms with Crippen LogP contribution in [0.2, 0.25) is 5.09 Å². The fourth-order valence-corrected chi connectivity index (χ4v) is 0.354. The molecule has 0 aliphatic carbocycles. The van der Waals surface area contributed by atoms with Gasteiger partial charge in [0.15, 0.2) is 0 Å². The molecule has 0 bridgehead atoms. The molecule has 0 rings (SSSR count). The van der Waals surface area contributed by atoms with Gasteiger partial charge in [0, 0.05) is 0 Å². The van der Waals surface area contributed by atoms with Gasteiger partial charge in [-0.1, -0.05) is 25.3 Å². The molecular formula is C8H15Li. The minimum atomic E-state index is 1.34. The van der Waals surface area contributed by atoms with Gasteiger partial charge in [-0.05, 0) is 0 Å². The van der Waals surface area contributed by atoms with Crippen LogP contribution in [0.4, 0.5) is 0 Å². The molecule has 0 heterocycles. The van der Waals surface area contributed by atoms with Gasteiger partial charge >= 0.3 is 42.6 Å². The molecule has 0 unspecified atom stereocenters. The Morgan fingerprint density at radius 2 is 1.78 bits per heavy atom. The van der Waals surface area contributed by atoms with Crippen molar-refractivity contribution in [3.63, 3.8) is 0 Å². The van der Waals surface area contributed by atoms with Crippen molar-refractivity contribution in [3.8, 4) is 0 Å². The van der Waals surface area contributed by atoms with Gasteiger partial charge in [0.05, 0.1) is 0 Å². The van der Waals surface area contributed by atoms with Crippen molar-refractivity contribution in [2.75, 3.05) is 0 Å². The fraction of sp³-hybridized carbons (Fsp3) is 0.500. The summed E-state index contributed by atoms with van der Waals surface area (Å²) < 4.78 is 0. The summed E-state index contributed by atoms with van der Waals surface area (Å²) in [5.41, 5.74) is 0. The average Bonchev–Trinajstić information content (AvgIpc) is 1.91. The van der Waals surface area contributed by atoms with Gasteiger partial charge in [-0.15, -0.1) is 0 Å². The molecule has 0 aliphatic rings. The number of hydrogen-bond donors (Lipinski definition) is 0. The number of unbranched alkanes of at least 4 members (excludes halogenated alkanes) is 1. The molecule has 48 valence electrons. The monoisotopic (exact) mass is 118 g/mol. The van der Waals surface area contributed by atoms with Gasteiger partial charge in [0.2, 0.25) is 0 Å². The second kappa shape index (κ2) is 15.7. The van der Waals surface area contributed by atoms with Gasteiger partial charge < -0.3 is 0 Å². The number of allylic oxidation sites excluding steroid dienone is 2. The van der Waals surface area contributed by atoms with Crippen molar-refractivity contribution in [2.24, 2.45) is 0 Å². The van der Waals surface area contributed by atoms with Crippen LogP contribution in [0, 0.1) is 0 Å². The van der Waals surface area contributed by atoms with E-state index in [0.29, 0.717) is 0 Å². The summed E-state index contributed by atoms with van der Waals surface area (Å²) in [5, 5.41) is 1.34. The summed E-state index contributed by atoms with van der Waals surface area (Å²) in [4.78, 5) is 0. The standard InChI is InChI=1S/C4H9.C4H6.Li/c2*1-3-4-2;/h1,3-4H2,2H3;3-4H,1-2H2;. The Balaban J connectivity index is 0. The summed E-state index contributed by atoms with van der Waals surface area (Å²) in [6.07, 6.45) is 6.01. The van der Waals surface area contributed by atoms with Crippen LogP contribution in [0.5, 0.6) is 0 Å². The molecule has 0 nitrogen and oxygen atoms in total. The maximum absolute atomic E-state index is 3.36. The maximum atomic E-state index is 3.36. The molecule has 0 spiro atoms. The van der Waals surface area contributed by atoms with Gasteiger partial charge in [-0.2, -0.15) is 0 Å². The van der Waals surface area contributed by atoms with Gasteiger partial charge in [0.25, 0.3) is 0 Å². The van der Waals surface area contributed by atoms with E-state index in [-0.39, 0.29) is 0 Å². The summed E-state index contributed by atoms with van der Waals surface area (Å²) in [7, 11) is 0. The van der Waals surface area contributed by atoms with Gasteiger partial charge in [-0.25, -0.2) is 0 Å². The summed E-state index contributed by atoms with van der Waals surface area (Å²) in [6, 6.07) is 0. The molecule has 0 aliphatic heterocycles. The van der Waals surface area contributed by atoms with E-state index in [1.54, 1.807) is 12.2 Å². The molecule has 0 aromatic heterocycles. The first-order chi connectivity index (χ1) is 4.33. The average molecular weight is 118 g/mol. The summed E-state index contributed by atoms with van der Waals surface area (Å²) >= 11 is 2.21. The van der Waals surface area contributed by atoms with E-state index >= 15 is 0 Å². The van der Waals surface area contributed by atoms with E-state index in [9.17, 15) is 0 Å². The molecule has 0 atom stereocenters. The van der Waals surface area contributed by atoms with Crippen LogP contribution in [0.3, 0.4) is 0 Å². The summed E-state index contributed by atoms with van der Waals surface area (Å²) in [6.45, 7) is 8.93. The molecule has 0 aromatic rings. The Morgan fingerprint density at radius 1 is 1.33 bits per heavy atom. The molecule has 0 aromatic carbocycles. The van der Waals surface area contributed by atoms with Crippen LogP contribution in [0.25, 0.3) is 0 Å². The third-order valence-corrected chi connectivity index (χ3v) is 0.874. The zero-order valence-corrected chi connectivity index (χ0v) is 6.69. The quantitative estimate of drug-likeness (QED) is 0.395. The van der Waals surface area contributed by atoms with E-state index in [0.717, 1.165) is 0 Å². The summed E-state index contributed by atoms with van der Waals surface area (Å²) in [5.74, 6) is 0. The van der Waals surface area contributed by atoms with Crippen LogP contribution in [-0.4, -0.2) is 17.7 Å². The van der Waals surface area contributed by atoms with E-state index in [1.165, 1.54) is 17.9 Å². The Labute approximate surface area is 68.2 Å².